The molecule has 236 valence electrons. The van der Waals surface area contributed by atoms with E-state index in [0.29, 0.717) is 31.4 Å². The smallest absolute Gasteiger partial charge is 0.416 e. The number of rotatable bonds is 6. The molecular formula is C36H37F3N2O4. The molecule has 1 saturated heterocycles. The van der Waals surface area contributed by atoms with Gasteiger partial charge in [0, 0.05) is 31.3 Å². The average Bonchev–Trinajstić information content (AvgIpc) is 3.30. The van der Waals surface area contributed by atoms with E-state index < -0.39 is 34.4 Å². The van der Waals surface area contributed by atoms with Gasteiger partial charge in [0.1, 0.15) is 5.60 Å². The van der Waals surface area contributed by atoms with Crippen molar-refractivity contribution in [2.75, 3.05) is 20.1 Å². The minimum Gasteiger partial charge on any atom is -0.504 e. The quantitative estimate of drug-likeness (QED) is 0.345. The maximum Gasteiger partial charge on any atom is 0.416 e. The number of phenolic OH excluding ortho intramolecular Hbond substituents is 1. The van der Waals surface area contributed by atoms with Gasteiger partial charge in [-0.3, -0.25) is 9.69 Å². The predicted molar refractivity (Wildman–Crippen MR) is 164 cm³/mol. The topological polar surface area (TPSA) is 73.2 Å². The monoisotopic (exact) mass is 618 g/mol. The number of likely N-dealkylation sites (N-methyl/N-ethyl adjacent to an activating group) is 1. The second kappa shape index (κ2) is 10.4. The van der Waals surface area contributed by atoms with E-state index in [1.54, 1.807) is 18.0 Å². The van der Waals surface area contributed by atoms with Crippen LogP contribution in [0, 0.1) is 0 Å². The van der Waals surface area contributed by atoms with E-state index in [0.717, 1.165) is 42.8 Å². The van der Waals surface area contributed by atoms with E-state index in [2.05, 4.69) is 17.0 Å². The first-order valence-corrected chi connectivity index (χ1v) is 15.6. The zero-order valence-corrected chi connectivity index (χ0v) is 25.3. The van der Waals surface area contributed by atoms with Crippen molar-refractivity contribution in [3.63, 3.8) is 0 Å². The number of carbonyl (C=O) groups excluding carboxylic acids is 1. The van der Waals surface area contributed by atoms with Crippen LogP contribution in [0.1, 0.15) is 54.0 Å². The van der Waals surface area contributed by atoms with Crippen LogP contribution in [0.5, 0.6) is 11.5 Å². The maximum absolute atomic E-state index is 13.6. The lowest BCUT2D eigenvalue weighted by Crippen LogP contribution is -2.82. The summed E-state index contributed by atoms with van der Waals surface area (Å²) in [6, 6.07) is 18.1. The van der Waals surface area contributed by atoms with Gasteiger partial charge in [-0.15, -0.1) is 0 Å². The number of amides is 1. The van der Waals surface area contributed by atoms with Crippen molar-refractivity contribution >= 4 is 12.0 Å². The Bertz CT molecular complexity index is 1680. The van der Waals surface area contributed by atoms with Gasteiger partial charge in [-0.2, -0.15) is 13.2 Å². The summed E-state index contributed by atoms with van der Waals surface area (Å²) in [5.74, 6) is 0.0252. The summed E-state index contributed by atoms with van der Waals surface area (Å²) in [5.41, 5.74) is -0.446. The molecule has 1 spiro atoms. The lowest BCUT2D eigenvalue weighted by Gasteiger charge is -2.67. The molecule has 3 aromatic carbocycles. The minimum absolute atomic E-state index is 0.0169. The number of piperidine rings is 1. The van der Waals surface area contributed by atoms with Gasteiger partial charge >= 0.3 is 6.18 Å². The van der Waals surface area contributed by atoms with Crippen LogP contribution in [0.15, 0.2) is 72.8 Å². The van der Waals surface area contributed by atoms with Crippen LogP contribution in [0.2, 0.25) is 0 Å². The first kappa shape index (κ1) is 29.9. The SMILES string of the molecule is CN(C(=O)C=Cc1cccc(C(F)(F)F)c1)[C@H]1CC[C@@]2(O)[C@H]3Cc4ccc(O)c5c4[C@@]2(CCN3CCc2ccccc2)[C@@]1(C)O5. The maximum atomic E-state index is 13.6. The van der Waals surface area contributed by atoms with Crippen LogP contribution in [-0.4, -0.2) is 69.3 Å². The third kappa shape index (κ3) is 4.34. The fourth-order valence-electron chi connectivity index (χ4n) is 9.07. The first-order chi connectivity index (χ1) is 21.4. The van der Waals surface area contributed by atoms with Crippen LogP contribution in [0.4, 0.5) is 13.2 Å². The molecule has 2 aliphatic heterocycles. The Morgan fingerprint density at radius 3 is 2.64 bits per heavy atom. The van der Waals surface area contributed by atoms with Gasteiger partial charge < -0.3 is 19.8 Å². The van der Waals surface area contributed by atoms with E-state index in [1.165, 1.54) is 29.8 Å². The summed E-state index contributed by atoms with van der Waals surface area (Å²) < 4.78 is 46.5. The van der Waals surface area contributed by atoms with Crippen molar-refractivity contribution in [1.82, 2.24) is 9.80 Å². The number of likely N-dealkylation sites (tertiary alicyclic amines) is 1. The number of benzene rings is 3. The highest BCUT2D eigenvalue weighted by molar-refractivity contribution is 5.92. The molecule has 7 rings (SSSR count). The lowest BCUT2D eigenvalue weighted by atomic mass is 9.44. The van der Waals surface area contributed by atoms with Crippen LogP contribution < -0.4 is 4.74 Å². The number of aliphatic hydroxyl groups is 1. The number of ether oxygens (including phenoxy) is 1. The second-order valence-corrected chi connectivity index (χ2v) is 13.2. The molecule has 1 saturated carbocycles. The molecule has 2 fully saturated rings. The van der Waals surface area contributed by atoms with Gasteiger partial charge in [0.15, 0.2) is 11.5 Å². The van der Waals surface area contributed by atoms with Crippen molar-refractivity contribution < 1.29 is 32.9 Å². The Balaban J connectivity index is 1.22. The number of hydrogen-bond acceptors (Lipinski definition) is 5. The second-order valence-electron chi connectivity index (χ2n) is 13.2. The highest BCUT2D eigenvalue weighted by Crippen LogP contribution is 2.69. The predicted octanol–water partition coefficient (Wildman–Crippen LogP) is 5.74. The van der Waals surface area contributed by atoms with Gasteiger partial charge in [-0.1, -0.05) is 48.5 Å². The van der Waals surface area contributed by atoms with Crippen molar-refractivity contribution in [1.29, 1.82) is 0 Å². The minimum atomic E-state index is -4.48. The molecule has 2 heterocycles. The third-order valence-electron chi connectivity index (χ3n) is 11.1. The Morgan fingerprint density at radius 2 is 1.89 bits per heavy atom. The highest BCUT2D eigenvalue weighted by atomic mass is 19.4. The highest BCUT2D eigenvalue weighted by Gasteiger charge is 2.78. The molecule has 6 nitrogen and oxygen atoms in total. The standard InChI is InChI=1S/C36H37F3N2O4/c1-33-28(40(2)30(43)14-11-24-9-6-10-26(21-24)36(37,38)39)15-17-35(44)29-22-25-12-13-27(42)32(45-33)31(25)34(33,35)18-20-41(29)19-16-23-7-4-3-5-8-23/h3-14,21,28-29,42,44H,15-20,22H2,1-2H3/t28-,29+,33-,34-,35+/m0/s1. The molecule has 3 aromatic rings. The van der Waals surface area contributed by atoms with Crippen molar-refractivity contribution in [3.8, 4) is 11.5 Å². The number of aromatic hydroxyl groups is 1. The van der Waals surface area contributed by atoms with E-state index in [-0.39, 0.29) is 23.3 Å². The zero-order chi connectivity index (χ0) is 31.8. The number of alkyl halides is 3. The fraction of sp³-hybridized carbons (Fsp3) is 0.417. The first-order valence-electron chi connectivity index (χ1n) is 15.6. The summed E-state index contributed by atoms with van der Waals surface area (Å²) in [6.45, 7) is 3.48. The molecule has 2 aliphatic carbocycles. The van der Waals surface area contributed by atoms with Gasteiger partial charge in [-0.25, -0.2) is 0 Å². The van der Waals surface area contributed by atoms with Gasteiger partial charge in [0.25, 0.3) is 0 Å². The zero-order valence-electron chi connectivity index (χ0n) is 25.3. The molecule has 1 amide bonds. The van der Waals surface area contributed by atoms with E-state index in [4.69, 9.17) is 4.74 Å². The van der Waals surface area contributed by atoms with Crippen LogP contribution in [-0.2, 0) is 29.2 Å². The Hall–Kier alpha value is -3.82. The number of carbonyl (C=O) groups is 1. The molecule has 0 aromatic heterocycles. The lowest BCUT2D eigenvalue weighted by molar-refractivity contribution is -0.229. The Kier molecular flexibility index (Phi) is 6.87. The van der Waals surface area contributed by atoms with Gasteiger partial charge in [0.05, 0.1) is 22.6 Å². The van der Waals surface area contributed by atoms with Crippen LogP contribution in [0.25, 0.3) is 6.08 Å². The van der Waals surface area contributed by atoms with E-state index >= 15 is 0 Å². The molecule has 5 atom stereocenters. The van der Waals surface area contributed by atoms with Crippen molar-refractivity contribution in [2.24, 2.45) is 0 Å². The number of phenols is 1. The summed E-state index contributed by atoms with van der Waals surface area (Å²) in [6.07, 6.45) is 1.18. The summed E-state index contributed by atoms with van der Waals surface area (Å²) >= 11 is 0. The van der Waals surface area contributed by atoms with Crippen LogP contribution >= 0.6 is 0 Å². The normalized spacial score (nSPS) is 30.2. The van der Waals surface area contributed by atoms with Gasteiger partial charge in [0.2, 0.25) is 5.91 Å². The Morgan fingerprint density at radius 1 is 1.11 bits per heavy atom. The Labute approximate surface area is 260 Å². The molecule has 2 N–H and O–H groups in total. The third-order valence-corrected chi connectivity index (χ3v) is 11.1. The number of halogens is 3. The van der Waals surface area contributed by atoms with Gasteiger partial charge in [-0.05, 0) is 86.5 Å². The fourth-order valence-corrected chi connectivity index (χ4v) is 9.07. The summed E-state index contributed by atoms with van der Waals surface area (Å²) in [5, 5.41) is 23.9. The largest absolute Gasteiger partial charge is 0.504 e. The van der Waals surface area contributed by atoms with E-state index in [9.17, 15) is 28.2 Å². The van der Waals surface area contributed by atoms with Crippen molar-refractivity contribution in [2.45, 2.75) is 73.9 Å². The average molecular weight is 619 g/mol. The summed E-state index contributed by atoms with van der Waals surface area (Å²) in [7, 11) is 1.68. The molecular weight excluding hydrogens is 581 g/mol. The van der Waals surface area contributed by atoms with E-state index in [1.807, 2.05) is 31.2 Å². The molecule has 0 unspecified atom stereocenters. The van der Waals surface area contributed by atoms with Crippen molar-refractivity contribution in [3.05, 3.63) is 101 Å². The molecule has 2 bridgehead atoms. The number of hydrogen-bond donors (Lipinski definition) is 2. The number of nitrogens with zero attached hydrogens (tertiary/aromatic N) is 2. The molecule has 9 heteroatoms. The molecule has 4 aliphatic rings. The molecule has 0 radical (unpaired) electrons. The summed E-state index contributed by atoms with van der Waals surface area (Å²) in [4.78, 5) is 17.6. The van der Waals surface area contributed by atoms with Crippen LogP contribution in [0.3, 0.4) is 0 Å². The molecule has 45 heavy (non-hydrogen) atoms.